The Morgan fingerprint density at radius 2 is 2.24 bits per heavy atom. The van der Waals surface area contributed by atoms with Crippen molar-refractivity contribution in [2.75, 3.05) is 5.75 Å². The number of nitrogens with zero attached hydrogens (tertiary/aromatic N) is 2. The SMILES string of the molecule is N#Cc1cc(-c2cc(C(=O)O)sn2)ccc1C1=CSCC1. The topological polar surface area (TPSA) is 74.0 Å². The van der Waals surface area contributed by atoms with Crippen LogP contribution in [0.2, 0.25) is 0 Å². The Morgan fingerprint density at radius 1 is 1.38 bits per heavy atom. The molecule has 1 aliphatic heterocycles. The molecule has 0 saturated carbocycles. The molecule has 0 amide bonds. The van der Waals surface area contributed by atoms with Crippen LogP contribution in [0.15, 0.2) is 29.7 Å². The standard InChI is InChI=1S/C15H10N2O2S2/c16-7-11-5-9(13-6-14(15(18)19)21-17-13)1-2-12(11)10-3-4-20-8-10/h1-2,5-6,8H,3-4H2,(H,18,19). The van der Waals surface area contributed by atoms with Gasteiger partial charge in [-0.05, 0) is 46.6 Å². The fraction of sp³-hybridized carbons (Fsp3) is 0.133. The Bertz CT molecular complexity index is 787. The molecule has 21 heavy (non-hydrogen) atoms. The Balaban J connectivity index is 2.01. The number of allylic oxidation sites excluding steroid dienone is 1. The van der Waals surface area contributed by atoms with Crippen molar-refractivity contribution < 1.29 is 9.90 Å². The lowest BCUT2D eigenvalue weighted by atomic mass is 9.97. The predicted molar refractivity (Wildman–Crippen MR) is 84.3 cm³/mol. The van der Waals surface area contributed by atoms with Gasteiger partial charge in [0.1, 0.15) is 4.88 Å². The number of hydrogen-bond donors (Lipinski definition) is 1. The highest BCUT2D eigenvalue weighted by molar-refractivity contribution is 8.02. The van der Waals surface area contributed by atoms with Crippen LogP contribution in [0.3, 0.4) is 0 Å². The minimum atomic E-state index is -0.982. The smallest absolute Gasteiger partial charge is 0.347 e. The summed E-state index contributed by atoms with van der Waals surface area (Å²) in [4.78, 5) is 11.1. The molecule has 0 unspecified atom stereocenters. The summed E-state index contributed by atoms with van der Waals surface area (Å²) in [5, 5.41) is 20.4. The van der Waals surface area contributed by atoms with Gasteiger partial charge in [-0.3, -0.25) is 0 Å². The summed E-state index contributed by atoms with van der Waals surface area (Å²) in [6.45, 7) is 0. The third-order valence-corrected chi connectivity index (χ3v) is 4.89. The lowest BCUT2D eigenvalue weighted by molar-refractivity contribution is 0.0702. The number of hydrogen-bond acceptors (Lipinski definition) is 5. The van der Waals surface area contributed by atoms with Crippen LogP contribution in [-0.4, -0.2) is 21.2 Å². The molecule has 6 heteroatoms. The van der Waals surface area contributed by atoms with E-state index in [4.69, 9.17) is 5.11 Å². The molecule has 0 atom stereocenters. The van der Waals surface area contributed by atoms with Crippen molar-refractivity contribution in [1.82, 2.24) is 4.37 Å². The highest BCUT2D eigenvalue weighted by Gasteiger charge is 2.15. The monoisotopic (exact) mass is 314 g/mol. The van der Waals surface area contributed by atoms with Gasteiger partial charge in [0.15, 0.2) is 0 Å². The van der Waals surface area contributed by atoms with E-state index in [0.717, 1.165) is 34.8 Å². The summed E-state index contributed by atoms with van der Waals surface area (Å²) >= 11 is 2.70. The summed E-state index contributed by atoms with van der Waals surface area (Å²) < 4.78 is 4.14. The van der Waals surface area contributed by atoms with Gasteiger partial charge in [-0.2, -0.15) is 9.64 Å². The van der Waals surface area contributed by atoms with E-state index in [0.29, 0.717) is 11.3 Å². The first-order valence-electron chi connectivity index (χ1n) is 6.24. The number of aromatic nitrogens is 1. The average molecular weight is 314 g/mol. The van der Waals surface area contributed by atoms with E-state index < -0.39 is 5.97 Å². The Labute approximate surface area is 129 Å². The molecule has 3 rings (SSSR count). The summed E-state index contributed by atoms with van der Waals surface area (Å²) in [5.41, 5.74) is 4.11. The molecule has 0 fully saturated rings. The molecular formula is C15H10N2O2S2. The van der Waals surface area contributed by atoms with Gasteiger partial charge in [0.25, 0.3) is 0 Å². The van der Waals surface area contributed by atoms with Crippen molar-refractivity contribution in [2.24, 2.45) is 0 Å². The van der Waals surface area contributed by atoms with Crippen molar-refractivity contribution in [1.29, 1.82) is 5.26 Å². The molecule has 2 heterocycles. The van der Waals surface area contributed by atoms with Gasteiger partial charge in [-0.15, -0.1) is 11.8 Å². The van der Waals surface area contributed by atoms with Gasteiger partial charge < -0.3 is 5.11 Å². The molecular weight excluding hydrogens is 304 g/mol. The second-order valence-corrected chi connectivity index (χ2v) is 6.30. The van der Waals surface area contributed by atoms with Crippen LogP contribution in [0.1, 0.15) is 27.2 Å². The Morgan fingerprint density at radius 3 is 2.86 bits per heavy atom. The lowest BCUT2D eigenvalue weighted by Gasteiger charge is -2.06. The maximum absolute atomic E-state index is 10.9. The molecule has 1 N–H and O–H groups in total. The molecule has 0 bridgehead atoms. The average Bonchev–Trinajstić information content (AvgIpc) is 3.18. The van der Waals surface area contributed by atoms with Crippen LogP contribution >= 0.6 is 23.3 Å². The number of nitriles is 1. The second kappa shape index (κ2) is 5.72. The number of carboxylic acid groups (broad SMARTS) is 1. The normalized spacial score (nSPS) is 13.8. The van der Waals surface area contributed by atoms with E-state index in [1.165, 1.54) is 11.6 Å². The summed E-state index contributed by atoms with van der Waals surface area (Å²) in [6.07, 6.45) is 0.971. The predicted octanol–water partition coefficient (Wildman–Crippen LogP) is 3.86. The van der Waals surface area contributed by atoms with Crippen molar-refractivity contribution >= 4 is 34.8 Å². The summed E-state index contributed by atoms with van der Waals surface area (Å²) in [5.74, 6) is 0.0692. The zero-order valence-electron chi connectivity index (χ0n) is 10.9. The van der Waals surface area contributed by atoms with Crippen molar-refractivity contribution in [3.05, 3.63) is 45.7 Å². The first kappa shape index (κ1) is 13.9. The number of carbonyl (C=O) groups is 1. The second-order valence-electron chi connectivity index (χ2n) is 4.52. The van der Waals surface area contributed by atoms with Gasteiger partial charge in [0.2, 0.25) is 0 Å². The number of aromatic carboxylic acids is 1. The zero-order chi connectivity index (χ0) is 14.8. The molecule has 1 aromatic heterocycles. The maximum atomic E-state index is 10.9. The molecule has 0 radical (unpaired) electrons. The quantitative estimate of drug-likeness (QED) is 0.931. The van der Waals surface area contributed by atoms with Gasteiger partial charge in [-0.25, -0.2) is 4.79 Å². The Hall–Kier alpha value is -2.10. The molecule has 1 aromatic carbocycles. The van der Waals surface area contributed by atoms with E-state index in [1.807, 2.05) is 12.1 Å². The van der Waals surface area contributed by atoms with E-state index in [9.17, 15) is 10.1 Å². The summed E-state index contributed by atoms with van der Waals surface area (Å²) in [6, 6.07) is 9.35. The van der Waals surface area contributed by atoms with Gasteiger partial charge in [0, 0.05) is 11.3 Å². The molecule has 4 nitrogen and oxygen atoms in total. The Kier molecular flexibility index (Phi) is 3.78. The molecule has 0 aliphatic carbocycles. The zero-order valence-corrected chi connectivity index (χ0v) is 12.5. The van der Waals surface area contributed by atoms with E-state index in [-0.39, 0.29) is 4.88 Å². The fourth-order valence-corrected chi connectivity index (χ4v) is 3.67. The van der Waals surface area contributed by atoms with Crippen molar-refractivity contribution in [2.45, 2.75) is 6.42 Å². The third-order valence-electron chi connectivity index (χ3n) is 3.22. The number of rotatable bonds is 3. The van der Waals surface area contributed by atoms with Crippen LogP contribution in [0.5, 0.6) is 0 Å². The van der Waals surface area contributed by atoms with Crippen LogP contribution in [0.25, 0.3) is 16.8 Å². The van der Waals surface area contributed by atoms with Gasteiger partial charge in [0.05, 0.1) is 17.3 Å². The number of carboxylic acids is 1. The molecule has 0 spiro atoms. The minimum absolute atomic E-state index is 0.197. The van der Waals surface area contributed by atoms with Crippen molar-refractivity contribution in [3.63, 3.8) is 0 Å². The molecule has 1 aliphatic rings. The van der Waals surface area contributed by atoms with Crippen LogP contribution < -0.4 is 0 Å². The number of benzene rings is 1. The minimum Gasteiger partial charge on any atom is -0.477 e. The van der Waals surface area contributed by atoms with E-state index in [1.54, 1.807) is 17.8 Å². The van der Waals surface area contributed by atoms with E-state index >= 15 is 0 Å². The van der Waals surface area contributed by atoms with Crippen LogP contribution in [-0.2, 0) is 0 Å². The van der Waals surface area contributed by atoms with Gasteiger partial charge in [-0.1, -0.05) is 12.1 Å². The van der Waals surface area contributed by atoms with Gasteiger partial charge >= 0.3 is 5.97 Å². The highest BCUT2D eigenvalue weighted by Crippen LogP contribution is 2.34. The highest BCUT2D eigenvalue weighted by atomic mass is 32.2. The maximum Gasteiger partial charge on any atom is 0.347 e. The van der Waals surface area contributed by atoms with Crippen LogP contribution in [0.4, 0.5) is 0 Å². The first-order valence-corrected chi connectivity index (χ1v) is 8.07. The fourth-order valence-electron chi connectivity index (χ4n) is 2.17. The third kappa shape index (κ3) is 2.71. The van der Waals surface area contributed by atoms with Crippen molar-refractivity contribution in [3.8, 4) is 17.3 Å². The van der Waals surface area contributed by atoms with Crippen LogP contribution in [0, 0.1) is 11.3 Å². The molecule has 104 valence electrons. The summed E-state index contributed by atoms with van der Waals surface area (Å²) in [7, 11) is 0. The largest absolute Gasteiger partial charge is 0.477 e. The molecule has 2 aromatic rings. The number of thioether (sulfide) groups is 1. The molecule has 0 saturated heterocycles. The van der Waals surface area contributed by atoms with E-state index in [2.05, 4.69) is 15.9 Å². The first-order chi connectivity index (χ1) is 10.2. The lowest BCUT2D eigenvalue weighted by Crippen LogP contribution is -1.91.